The van der Waals surface area contributed by atoms with E-state index in [2.05, 4.69) is 36.4 Å². The van der Waals surface area contributed by atoms with Crippen molar-refractivity contribution in [3.05, 3.63) is 87.6 Å². The van der Waals surface area contributed by atoms with E-state index in [0.717, 1.165) is 34.5 Å². The molecule has 2 aromatic heterocycles. The van der Waals surface area contributed by atoms with Crippen molar-refractivity contribution >= 4 is 52.4 Å². The first-order valence-electron chi connectivity index (χ1n) is 23.0. The largest absolute Gasteiger partial charge is 0.489 e. The number of aryl methyl sites for hydroxylation is 1. The number of benzene rings is 2. The number of likely N-dealkylation sites (tertiary alicyclic amines) is 1. The molecule has 5 N–H and O–H groups in total. The molecule has 1 saturated carbocycles. The van der Waals surface area contributed by atoms with Crippen molar-refractivity contribution in [2.45, 2.75) is 124 Å². The number of hydrogen-bond acceptors (Lipinski definition) is 13. The van der Waals surface area contributed by atoms with E-state index in [9.17, 15) is 29.5 Å². The van der Waals surface area contributed by atoms with Gasteiger partial charge in [-0.05, 0) is 73.9 Å². The zero-order chi connectivity index (χ0) is 49.6. The lowest BCUT2D eigenvalue weighted by Crippen LogP contribution is -2.74. The molecule has 3 heterocycles. The number of ether oxygens (including phenoxy) is 2. The first-order chi connectivity index (χ1) is 32.1. The molecule has 18 heteroatoms. The molecule has 364 valence electrons. The number of hydrogen-bond donors (Lipinski definition) is 5. The van der Waals surface area contributed by atoms with Crippen molar-refractivity contribution in [1.29, 1.82) is 5.26 Å². The van der Waals surface area contributed by atoms with E-state index < -0.39 is 46.2 Å². The summed E-state index contributed by atoms with van der Waals surface area (Å²) in [4.78, 5) is 60.9. The number of aromatic nitrogens is 3. The van der Waals surface area contributed by atoms with Crippen molar-refractivity contribution in [3.8, 4) is 22.3 Å². The van der Waals surface area contributed by atoms with E-state index in [4.69, 9.17) is 21.1 Å². The Kier molecular flexibility index (Phi) is 16.5. The maximum atomic E-state index is 14.1. The quantitative estimate of drug-likeness (QED) is 0.0599. The summed E-state index contributed by atoms with van der Waals surface area (Å²) in [6.45, 7) is 18.2. The number of aliphatic hydroxyl groups is 1. The number of thiazole rings is 1. The third-order valence-corrected chi connectivity index (χ3v) is 14.2. The van der Waals surface area contributed by atoms with Gasteiger partial charge in [-0.2, -0.15) is 5.26 Å². The molecule has 1 saturated heterocycles. The van der Waals surface area contributed by atoms with Crippen LogP contribution in [0, 0.1) is 34.5 Å². The molecule has 68 heavy (non-hydrogen) atoms. The van der Waals surface area contributed by atoms with Crippen LogP contribution in [0.5, 0.6) is 5.75 Å². The van der Waals surface area contributed by atoms with E-state index in [1.807, 2.05) is 98.2 Å². The van der Waals surface area contributed by atoms with Gasteiger partial charge in [0.1, 0.15) is 42.4 Å². The highest BCUT2D eigenvalue weighted by Gasteiger charge is 2.64. The second kappa shape index (κ2) is 21.7. The summed E-state index contributed by atoms with van der Waals surface area (Å²) in [5.74, 6) is -0.514. The van der Waals surface area contributed by atoms with Crippen LogP contribution in [0.15, 0.2) is 60.1 Å². The van der Waals surface area contributed by atoms with Crippen molar-refractivity contribution in [3.63, 3.8) is 0 Å². The number of carbonyl (C=O) groups excluding carboxylic acids is 4. The highest BCUT2D eigenvalue weighted by Crippen LogP contribution is 2.55. The van der Waals surface area contributed by atoms with Gasteiger partial charge in [0.25, 0.3) is 5.91 Å². The summed E-state index contributed by atoms with van der Waals surface area (Å²) in [6.07, 6.45) is 1.26. The summed E-state index contributed by atoms with van der Waals surface area (Å²) >= 11 is 7.80. The summed E-state index contributed by atoms with van der Waals surface area (Å²) in [6, 6.07) is 15.9. The number of halogens is 1. The molecule has 1 aliphatic carbocycles. The van der Waals surface area contributed by atoms with Crippen LogP contribution in [0.3, 0.4) is 0 Å². The van der Waals surface area contributed by atoms with Crippen LogP contribution in [0.1, 0.15) is 114 Å². The van der Waals surface area contributed by atoms with Crippen LogP contribution in [-0.2, 0) is 19.1 Å². The summed E-state index contributed by atoms with van der Waals surface area (Å²) in [5.41, 5.74) is 3.73. The van der Waals surface area contributed by atoms with Gasteiger partial charge in [-0.1, -0.05) is 84.3 Å². The number of aliphatic hydroxyl groups excluding tert-OH is 1. The fraction of sp³-hybridized carbons (Fsp3) is 0.520. The van der Waals surface area contributed by atoms with Gasteiger partial charge in [0.05, 0.1) is 38.8 Å². The minimum Gasteiger partial charge on any atom is -0.489 e. The van der Waals surface area contributed by atoms with Gasteiger partial charge >= 0.3 is 0 Å². The number of amides is 4. The zero-order valence-electron chi connectivity index (χ0n) is 40.3. The molecule has 4 aromatic rings. The van der Waals surface area contributed by atoms with E-state index in [1.54, 1.807) is 41.7 Å². The van der Waals surface area contributed by atoms with Gasteiger partial charge in [-0.3, -0.25) is 19.2 Å². The Morgan fingerprint density at radius 3 is 2.34 bits per heavy atom. The summed E-state index contributed by atoms with van der Waals surface area (Å²) in [5, 5.41) is 40.7. The molecule has 4 atom stereocenters. The predicted octanol–water partition coefficient (Wildman–Crippen LogP) is 7.01. The number of carbonyl (C=O) groups is 4. The summed E-state index contributed by atoms with van der Waals surface area (Å²) in [7, 11) is 0. The van der Waals surface area contributed by atoms with E-state index in [0.29, 0.717) is 41.7 Å². The molecule has 0 radical (unpaired) electrons. The Morgan fingerprint density at radius 2 is 1.72 bits per heavy atom. The standard InChI is InChI=1S/C50H64ClN9O7S/c1-29(31-13-15-32(16-14-31)41-30(2)54-28-68-41)55-44(64)38-23-34(61)26-60(38)45(65)42(48(3,4)5)56-40(62)27-66-22-12-10-11-21-53-39-20-19-37(58-59-39)43(63)57-46-49(6,7)47(50(46,8)9)67-35-18-17-33(25-52)36(51)24-35/h13-20,24,28-29,34,38,42,46-47,61H,10-12,21-23,26-27H2,1-9H3,(H,53,59)(H,55,64)(H,56,62)(H,57,63)/t29?,34-,38+,42?,46-,47-/m1/s1. The Labute approximate surface area is 407 Å². The third kappa shape index (κ3) is 12.1. The molecule has 2 aliphatic rings. The number of rotatable bonds is 19. The van der Waals surface area contributed by atoms with Crippen LogP contribution in [-0.4, -0.2) is 105 Å². The van der Waals surface area contributed by atoms with Crippen molar-refractivity contribution in [1.82, 2.24) is 36.0 Å². The molecule has 2 unspecified atom stereocenters. The number of nitrogens with one attached hydrogen (secondary N) is 4. The average Bonchev–Trinajstić information content (AvgIpc) is 3.91. The number of anilines is 1. The van der Waals surface area contributed by atoms with E-state index >= 15 is 0 Å². The van der Waals surface area contributed by atoms with Gasteiger partial charge in [0.2, 0.25) is 17.7 Å². The lowest BCUT2D eigenvalue weighted by molar-refractivity contribution is -0.164. The maximum absolute atomic E-state index is 14.1. The van der Waals surface area contributed by atoms with Crippen molar-refractivity contribution in [2.24, 2.45) is 16.2 Å². The molecular formula is C50H64ClN9O7S. The van der Waals surface area contributed by atoms with Gasteiger partial charge in [0, 0.05) is 49.1 Å². The highest BCUT2D eigenvalue weighted by molar-refractivity contribution is 7.13. The lowest BCUT2D eigenvalue weighted by Gasteiger charge is -2.63. The second-order valence-corrected chi connectivity index (χ2v) is 21.3. The minimum absolute atomic E-state index is 0.0209. The molecule has 2 aromatic carbocycles. The van der Waals surface area contributed by atoms with Gasteiger partial charge in [-0.25, -0.2) is 4.98 Å². The molecule has 1 aliphatic heterocycles. The summed E-state index contributed by atoms with van der Waals surface area (Å²) < 4.78 is 12.0. The van der Waals surface area contributed by atoms with Gasteiger partial charge in [-0.15, -0.1) is 21.5 Å². The number of nitrogens with zero attached hydrogens (tertiary/aromatic N) is 5. The highest BCUT2D eigenvalue weighted by atomic mass is 35.5. The van der Waals surface area contributed by atoms with E-state index in [-0.39, 0.29) is 55.3 Å². The molecule has 2 fully saturated rings. The normalized spacial score (nSPS) is 20.3. The van der Waals surface area contributed by atoms with Gasteiger partial charge in [0.15, 0.2) is 5.69 Å². The first-order valence-corrected chi connectivity index (χ1v) is 24.3. The average molecular weight is 971 g/mol. The molecule has 6 rings (SSSR count). The van der Waals surface area contributed by atoms with Gasteiger partial charge < -0.3 is 40.7 Å². The van der Waals surface area contributed by atoms with Crippen LogP contribution >= 0.6 is 22.9 Å². The lowest BCUT2D eigenvalue weighted by atomic mass is 9.49. The number of β-amino-alcohol motifs (C(OH)–C–C–N with tert-alkyl or cyclic N) is 1. The first kappa shape index (κ1) is 51.7. The van der Waals surface area contributed by atoms with Crippen LogP contribution in [0.2, 0.25) is 5.02 Å². The van der Waals surface area contributed by atoms with E-state index in [1.165, 1.54) is 4.90 Å². The fourth-order valence-electron chi connectivity index (χ4n) is 9.45. The molecular weight excluding hydrogens is 906 g/mol. The minimum atomic E-state index is -0.963. The van der Waals surface area contributed by atoms with Crippen LogP contribution in [0.25, 0.3) is 10.4 Å². The van der Waals surface area contributed by atoms with Crippen LogP contribution < -0.4 is 26.0 Å². The monoisotopic (exact) mass is 969 g/mol. The Balaban J connectivity index is 0.887. The fourth-order valence-corrected chi connectivity index (χ4v) is 10.5. The topological polar surface area (TPSA) is 221 Å². The molecule has 0 spiro atoms. The predicted molar refractivity (Wildman–Crippen MR) is 261 cm³/mol. The Hall–Kier alpha value is -5.67. The molecule has 16 nitrogen and oxygen atoms in total. The Morgan fingerprint density at radius 1 is 1.00 bits per heavy atom. The van der Waals surface area contributed by atoms with Crippen molar-refractivity contribution < 1.29 is 33.8 Å². The second-order valence-electron chi connectivity index (χ2n) is 20.0. The maximum Gasteiger partial charge on any atom is 0.272 e. The SMILES string of the molecule is Cc1ncsc1-c1ccc(C(C)NC(=O)[C@@H]2C[C@@H](O)CN2C(=O)C(NC(=O)COCCCCCNc2ccc(C(=O)N[C@H]3C(C)(C)[C@H](Oc4ccc(C#N)c(Cl)c4)C3(C)C)nn2)C(C)(C)C)cc1. The van der Waals surface area contributed by atoms with Crippen LogP contribution in [0.4, 0.5) is 5.82 Å². The smallest absolute Gasteiger partial charge is 0.272 e. The van der Waals surface area contributed by atoms with Crippen molar-refractivity contribution in [2.75, 3.05) is 31.6 Å². The zero-order valence-corrected chi connectivity index (χ0v) is 41.9. The number of nitriles is 1. The third-order valence-electron chi connectivity index (χ3n) is 12.9. The number of unbranched alkanes of at least 4 members (excludes halogenated alkanes) is 2. The molecule has 0 bridgehead atoms. The Bertz CT molecular complexity index is 2450. The molecule has 4 amide bonds.